The standard InChI is InChI=1S/C13H14BrIN4O/c14-9-1-2-11(15)10(7-9)13-17-12(18-20-13)8-19-5-3-16-4-6-19/h1-2,7,16H,3-6,8H2. The Morgan fingerprint density at radius 3 is 2.95 bits per heavy atom. The van der Waals surface area contributed by atoms with E-state index in [1.165, 1.54) is 0 Å². The second-order valence-corrected chi connectivity index (χ2v) is 6.74. The molecule has 0 bridgehead atoms. The molecule has 0 atom stereocenters. The Hall–Kier alpha value is -0.510. The summed E-state index contributed by atoms with van der Waals surface area (Å²) in [5.74, 6) is 1.33. The van der Waals surface area contributed by atoms with E-state index in [2.05, 4.69) is 58.9 Å². The molecule has 0 saturated carbocycles. The molecule has 0 spiro atoms. The van der Waals surface area contributed by atoms with Crippen LogP contribution in [0.3, 0.4) is 0 Å². The molecule has 1 aliphatic rings. The van der Waals surface area contributed by atoms with Crippen LogP contribution in [0, 0.1) is 3.57 Å². The summed E-state index contributed by atoms with van der Waals surface area (Å²) in [4.78, 5) is 6.84. The molecule has 0 radical (unpaired) electrons. The van der Waals surface area contributed by atoms with Crippen molar-refractivity contribution in [2.24, 2.45) is 0 Å². The lowest BCUT2D eigenvalue weighted by atomic mass is 10.2. The van der Waals surface area contributed by atoms with Gasteiger partial charge < -0.3 is 9.84 Å². The topological polar surface area (TPSA) is 54.2 Å². The van der Waals surface area contributed by atoms with Gasteiger partial charge in [0.25, 0.3) is 5.89 Å². The summed E-state index contributed by atoms with van der Waals surface area (Å²) in [5.41, 5.74) is 0.971. The highest BCUT2D eigenvalue weighted by molar-refractivity contribution is 14.1. The second-order valence-electron chi connectivity index (χ2n) is 4.67. The predicted molar refractivity (Wildman–Crippen MR) is 88.3 cm³/mol. The Labute approximate surface area is 139 Å². The highest BCUT2D eigenvalue weighted by Crippen LogP contribution is 2.27. The van der Waals surface area contributed by atoms with Gasteiger partial charge in [-0.1, -0.05) is 21.1 Å². The number of hydrogen-bond acceptors (Lipinski definition) is 5. The summed E-state index contributed by atoms with van der Waals surface area (Å²) in [5, 5.41) is 7.42. The zero-order valence-corrected chi connectivity index (χ0v) is 14.5. The van der Waals surface area contributed by atoms with Crippen LogP contribution in [-0.4, -0.2) is 41.2 Å². The Kier molecular flexibility index (Phi) is 4.69. The molecule has 1 aliphatic heterocycles. The fourth-order valence-electron chi connectivity index (χ4n) is 2.16. The van der Waals surface area contributed by atoms with E-state index in [4.69, 9.17) is 4.52 Å². The van der Waals surface area contributed by atoms with Gasteiger partial charge in [-0.15, -0.1) is 0 Å². The number of nitrogens with one attached hydrogen (secondary N) is 1. The van der Waals surface area contributed by atoms with Crippen LogP contribution in [0.2, 0.25) is 0 Å². The fraction of sp³-hybridized carbons (Fsp3) is 0.385. The lowest BCUT2D eigenvalue weighted by Gasteiger charge is -2.25. The van der Waals surface area contributed by atoms with Gasteiger partial charge in [0, 0.05) is 34.2 Å². The van der Waals surface area contributed by atoms with Crippen LogP contribution >= 0.6 is 38.5 Å². The molecule has 7 heteroatoms. The molecule has 1 aromatic carbocycles. The van der Waals surface area contributed by atoms with Crippen molar-refractivity contribution < 1.29 is 4.52 Å². The molecule has 5 nitrogen and oxygen atoms in total. The van der Waals surface area contributed by atoms with Crippen molar-refractivity contribution in [2.75, 3.05) is 26.2 Å². The zero-order chi connectivity index (χ0) is 13.9. The third-order valence-corrected chi connectivity index (χ3v) is 4.64. The second kappa shape index (κ2) is 6.50. The van der Waals surface area contributed by atoms with E-state index in [-0.39, 0.29) is 0 Å². The van der Waals surface area contributed by atoms with Crippen molar-refractivity contribution in [2.45, 2.75) is 6.54 Å². The van der Waals surface area contributed by atoms with Gasteiger partial charge in [-0.3, -0.25) is 4.90 Å². The summed E-state index contributed by atoms with van der Waals surface area (Å²) >= 11 is 5.75. The van der Waals surface area contributed by atoms with Crippen molar-refractivity contribution in [3.8, 4) is 11.5 Å². The number of nitrogens with zero attached hydrogens (tertiary/aromatic N) is 3. The van der Waals surface area contributed by atoms with E-state index < -0.39 is 0 Å². The molecule has 3 rings (SSSR count). The number of hydrogen-bond donors (Lipinski definition) is 1. The number of benzene rings is 1. The molecule has 1 N–H and O–H groups in total. The van der Waals surface area contributed by atoms with Gasteiger partial charge in [0.15, 0.2) is 5.82 Å². The predicted octanol–water partition coefficient (Wildman–Crippen LogP) is 2.51. The van der Waals surface area contributed by atoms with Gasteiger partial charge in [0.2, 0.25) is 0 Å². The monoisotopic (exact) mass is 448 g/mol. The van der Waals surface area contributed by atoms with E-state index in [1.54, 1.807) is 0 Å². The van der Waals surface area contributed by atoms with Crippen LogP contribution in [0.15, 0.2) is 27.2 Å². The smallest absolute Gasteiger partial charge is 0.259 e. The van der Waals surface area contributed by atoms with Crippen LogP contribution < -0.4 is 5.32 Å². The Balaban J connectivity index is 1.77. The number of aromatic nitrogens is 2. The fourth-order valence-corrected chi connectivity index (χ4v) is 3.09. The first-order valence-corrected chi connectivity index (χ1v) is 8.30. The maximum atomic E-state index is 5.40. The van der Waals surface area contributed by atoms with Crippen molar-refractivity contribution >= 4 is 38.5 Å². The third kappa shape index (κ3) is 3.38. The number of rotatable bonds is 3. The maximum absolute atomic E-state index is 5.40. The molecular weight excluding hydrogens is 435 g/mol. The summed E-state index contributed by atoms with van der Waals surface area (Å²) < 4.78 is 7.51. The molecule has 0 amide bonds. The highest BCUT2D eigenvalue weighted by atomic mass is 127. The molecular formula is C13H14BrIN4O. The average molecular weight is 449 g/mol. The van der Waals surface area contributed by atoms with Crippen LogP contribution in [0.5, 0.6) is 0 Å². The highest BCUT2D eigenvalue weighted by Gasteiger charge is 2.16. The Bertz CT molecular complexity index is 598. The van der Waals surface area contributed by atoms with E-state index in [9.17, 15) is 0 Å². The Morgan fingerprint density at radius 1 is 1.35 bits per heavy atom. The lowest BCUT2D eigenvalue weighted by Crippen LogP contribution is -2.43. The number of halogens is 2. The SMILES string of the molecule is Brc1ccc(I)c(-c2nc(CN3CCNCC3)no2)c1. The van der Waals surface area contributed by atoms with Gasteiger partial charge >= 0.3 is 0 Å². The number of piperazine rings is 1. The molecule has 2 aromatic rings. The van der Waals surface area contributed by atoms with Crippen molar-refractivity contribution in [3.63, 3.8) is 0 Å². The molecule has 1 saturated heterocycles. The van der Waals surface area contributed by atoms with Crippen molar-refractivity contribution in [3.05, 3.63) is 32.1 Å². The summed E-state index contributed by atoms with van der Waals surface area (Å²) in [7, 11) is 0. The van der Waals surface area contributed by atoms with Crippen molar-refractivity contribution in [1.29, 1.82) is 0 Å². The van der Waals surface area contributed by atoms with Crippen LogP contribution in [0.1, 0.15) is 5.82 Å². The molecule has 0 aliphatic carbocycles. The average Bonchev–Trinajstić information content (AvgIpc) is 2.91. The van der Waals surface area contributed by atoms with E-state index in [1.807, 2.05) is 18.2 Å². The molecule has 0 unspecified atom stereocenters. The quantitative estimate of drug-likeness (QED) is 0.731. The van der Waals surface area contributed by atoms with Crippen LogP contribution in [0.4, 0.5) is 0 Å². The van der Waals surface area contributed by atoms with Crippen molar-refractivity contribution in [1.82, 2.24) is 20.4 Å². The largest absolute Gasteiger partial charge is 0.334 e. The van der Waals surface area contributed by atoms with Gasteiger partial charge in [0.1, 0.15) is 0 Å². The first kappa shape index (κ1) is 14.4. The van der Waals surface area contributed by atoms with Crippen LogP contribution in [-0.2, 0) is 6.54 Å². The zero-order valence-electron chi connectivity index (χ0n) is 10.8. The van der Waals surface area contributed by atoms with E-state index in [0.717, 1.165) is 52.2 Å². The van der Waals surface area contributed by atoms with Crippen LogP contribution in [0.25, 0.3) is 11.5 Å². The third-order valence-electron chi connectivity index (χ3n) is 3.20. The molecule has 1 fully saturated rings. The molecule has 2 heterocycles. The minimum Gasteiger partial charge on any atom is -0.334 e. The summed E-state index contributed by atoms with van der Waals surface area (Å²) in [6.45, 7) is 4.84. The first-order chi connectivity index (χ1) is 9.72. The van der Waals surface area contributed by atoms with E-state index in [0.29, 0.717) is 5.89 Å². The molecule has 1 aromatic heterocycles. The van der Waals surface area contributed by atoms with Gasteiger partial charge in [0.05, 0.1) is 12.1 Å². The normalized spacial score (nSPS) is 16.5. The van der Waals surface area contributed by atoms with Gasteiger partial charge in [-0.25, -0.2) is 0 Å². The van der Waals surface area contributed by atoms with Gasteiger partial charge in [-0.2, -0.15) is 4.98 Å². The Morgan fingerprint density at radius 2 is 2.15 bits per heavy atom. The molecule has 106 valence electrons. The summed E-state index contributed by atoms with van der Waals surface area (Å²) in [6, 6.07) is 6.04. The van der Waals surface area contributed by atoms with Gasteiger partial charge in [-0.05, 0) is 40.8 Å². The summed E-state index contributed by atoms with van der Waals surface area (Å²) in [6.07, 6.45) is 0. The first-order valence-electron chi connectivity index (χ1n) is 6.43. The molecule has 20 heavy (non-hydrogen) atoms. The minimum absolute atomic E-state index is 0.584. The van der Waals surface area contributed by atoms with E-state index >= 15 is 0 Å². The maximum Gasteiger partial charge on any atom is 0.259 e. The lowest BCUT2D eigenvalue weighted by molar-refractivity contribution is 0.225. The minimum atomic E-state index is 0.584.